The Hall–Kier alpha value is -0.380. The van der Waals surface area contributed by atoms with Gasteiger partial charge in [-0.2, -0.15) is 0 Å². The number of piperidine rings is 1. The molecule has 0 bridgehead atoms. The fourth-order valence-corrected chi connectivity index (χ4v) is 3.78. The molecule has 0 spiro atoms. The van der Waals surface area contributed by atoms with E-state index in [-0.39, 0.29) is 0 Å². The van der Waals surface area contributed by atoms with E-state index >= 15 is 0 Å². The maximum atomic E-state index is 3.56. The van der Waals surface area contributed by atoms with Crippen molar-refractivity contribution in [1.82, 2.24) is 10.2 Å². The van der Waals surface area contributed by atoms with Gasteiger partial charge in [0.1, 0.15) is 0 Å². The molecule has 1 aromatic carbocycles. The third kappa shape index (κ3) is 2.36. The minimum atomic E-state index is 0.533. The zero-order chi connectivity index (χ0) is 12.5. The van der Waals surface area contributed by atoms with Crippen LogP contribution in [0.15, 0.2) is 28.7 Å². The van der Waals surface area contributed by atoms with Crippen molar-refractivity contribution in [3.8, 4) is 0 Å². The van der Waals surface area contributed by atoms with Crippen molar-refractivity contribution in [1.29, 1.82) is 0 Å². The molecule has 0 aromatic heterocycles. The molecule has 18 heavy (non-hydrogen) atoms. The monoisotopic (exact) mass is 308 g/mol. The molecule has 3 rings (SSSR count). The Balaban J connectivity index is 1.78. The van der Waals surface area contributed by atoms with Crippen LogP contribution in [0.4, 0.5) is 0 Å². The van der Waals surface area contributed by atoms with Gasteiger partial charge in [-0.25, -0.2) is 0 Å². The molecule has 0 amide bonds. The van der Waals surface area contributed by atoms with Crippen molar-refractivity contribution >= 4 is 15.9 Å². The zero-order valence-corrected chi connectivity index (χ0v) is 12.5. The highest BCUT2D eigenvalue weighted by atomic mass is 79.9. The first-order chi connectivity index (χ1) is 8.75. The second-order valence-corrected chi connectivity index (χ2v) is 6.51. The van der Waals surface area contributed by atoms with Crippen LogP contribution < -0.4 is 5.32 Å². The highest BCUT2D eigenvalue weighted by Crippen LogP contribution is 2.33. The van der Waals surface area contributed by atoms with Crippen molar-refractivity contribution in [2.24, 2.45) is 5.92 Å². The summed E-state index contributed by atoms with van der Waals surface area (Å²) < 4.78 is 1.16. The molecule has 0 saturated carbocycles. The van der Waals surface area contributed by atoms with Crippen LogP contribution in [0.3, 0.4) is 0 Å². The van der Waals surface area contributed by atoms with Gasteiger partial charge in [0.25, 0.3) is 0 Å². The van der Waals surface area contributed by atoms with E-state index in [1.54, 1.807) is 0 Å². The van der Waals surface area contributed by atoms with Crippen molar-refractivity contribution < 1.29 is 0 Å². The number of hydrogen-bond donors (Lipinski definition) is 1. The molecule has 2 saturated heterocycles. The normalized spacial score (nSPS) is 30.1. The van der Waals surface area contributed by atoms with Crippen LogP contribution in [0.25, 0.3) is 0 Å². The van der Waals surface area contributed by atoms with E-state index < -0.39 is 0 Å². The van der Waals surface area contributed by atoms with Crippen LogP contribution in [-0.2, 0) is 0 Å². The molecule has 98 valence electrons. The summed E-state index contributed by atoms with van der Waals surface area (Å²) in [4.78, 5) is 2.71. The molecule has 1 aromatic rings. The van der Waals surface area contributed by atoms with Gasteiger partial charge in [-0.05, 0) is 56.5 Å². The summed E-state index contributed by atoms with van der Waals surface area (Å²) in [6.07, 6.45) is 2.75. The minimum Gasteiger partial charge on any atom is -0.315 e. The van der Waals surface area contributed by atoms with E-state index in [1.165, 1.54) is 38.0 Å². The Kier molecular flexibility index (Phi) is 3.73. The largest absolute Gasteiger partial charge is 0.315 e. The summed E-state index contributed by atoms with van der Waals surface area (Å²) >= 11 is 3.51. The Bertz CT molecular complexity index is 403. The van der Waals surface area contributed by atoms with Gasteiger partial charge in [0, 0.05) is 23.1 Å². The van der Waals surface area contributed by atoms with Gasteiger partial charge in [-0.1, -0.05) is 28.1 Å². The summed E-state index contributed by atoms with van der Waals surface area (Å²) in [5.74, 6) is 0.872. The lowest BCUT2D eigenvalue weighted by molar-refractivity contribution is 0.0847. The van der Waals surface area contributed by atoms with Crippen molar-refractivity contribution in [3.63, 3.8) is 0 Å². The van der Waals surface area contributed by atoms with E-state index in [2.05, 4.69) is 57.3 Å². The molecule has 0 radical (unpaired) electrons. The number of fused-ring (bicyclic) bond motifs is 1. The molecule has 2 fully saturated rings. The lowest BCUT2D eigenvalue weighted by atomic mass is 9.90. The van der Waals surface area contributed by atoms with Gasteiger partial charge in [0.15, 0.2) is 0 Å². The van der Waals surface area contributed by atoms with E-state index in [4.69, 9.17) is 0 Å². The maximum Gasteiger partial charge on any atom is 0.0323 e. The number of benzene rings is 1. The van der Waals surface area contributed by atoms with E-state index in [0.717, 1.165) is 16.4 Å². The maximum absolute atomic E-state index is 3.56. The Morgan fingerprint density at radius 1 is 1.28 bits per heavy atom. The molecule has 3 atom stereocenters. The number of nitrogens with zero attached hydrogens (tertiary/aromatic N) is 1. The van der Waals surface area contributed by atoms with Gasteiger partial charge in [-0.15, -0.1) is 0 Å². The highest BCUT2D eigenvalue weighted by Gasteiger charge is 2.37. The van der Waals surface area contributed by atoms with E-state index in [9.17, 15) is 0 Å². The lowest BCUT2D eigenvalue weighted by Crippen LogP contribution is -2.46. The average Bonchev–Trinajstić information content (AvgIpc) is 2.87. The Morgan fingerprint density at radius 2 is 2.06 bits per heavy atom. The van der Waals surface area contributed by atoms with Gasteiger partial charge in [-0.3, -0.25) is 4.90 Å². The first-order valence-corrected chi connectivity index (χ1v) is 7.77. The number of rotatable bonds is 2. The smallest absolute Gasteiger partial charge is 0.0323 e. The summed E-state index contributed by atoms with van der Waals surface area (Å²) in [7, 11) is 0. The van der Waals surface area contributed by atoms with Crippen LogP contribution in [0.2, 0.25) is 0 Å². The predicted octanol–water partition coefficient (Wildman–Crippen LogP) is 3.19. The first kappa shape index (κ1) is 12.6. The van der Waals surface area contributed by atoms with Crippen LogP contribution in [-0.4, -0.2) is 30.6 Å². The Morgan fingerprint density at radius 3 is 2.83 bits per heavy atom. The number of hydrogen-bond acceptors (Lipinski definition) is 2. The predicted molar refractivity (Wildman–Crippen MR) is 78.6 cm³/mol. The van der Waals surface area contributed by atoms with E-state index in [0.29, 0.717) is 6.04 Å². The third-order valence-electron chi connectivity index (χ3n) is 4.57. The molecule has 3 unspecified atom stereocenters. The van der Waals surface area contributed by atoms with Crippen molar-refractivity contribution in [3.05, 3.63) is 34.3 Å². The fourth-order valence-electron chi connectivity index (χ4n) is 3.52. The van der Waals surface area contributed by atoms with Gasteiger partial charge >= 0.3 is 0 Å². The zero-order valence-electron chi connectivity index (χ0n) is 10.9. The van der Waals surface area contributed by atoms with Gasteiger partial charge in [0.05, 0.1) is 0 Å². The minimum absolute atomic E-state index is 0.533. The summed E-state index contributed by atoms with van der Waals surface area (Å²) in [5, 5.41) is 3.56. The van der Waals surface area contributed by atoms with Gasteiger partial charge < -0.3 is 5.32 Å². The van der Waals surface area contributed by atoms with Gasteiger partial charge in [0.2, 0.25) is 0 Å². The first-order valence-electron chi connectivity index (χ1n) is 6.97. The standard InChI is InChI=1S/C15H21BrN2/c1-11(12-4-6-14(16)7-5-12)18-8-2-3-13-9-17-10-15(13)18/h4-7,11,13,15,17H,2-3,8-10H2,1H3. The molecule has 2 aliphatic rings. The summed E-state index contributed by atoms with van der Waals surface area (Å²) in [6.45, 7) is 5.99. The molecular formula is C15H21BrN2. The SMILES string of the molecule is CC(c1ccc(Br)cc1)N1CCCC2CNCC21. The summed E-state index contributed by atoms with van der Waals surface area (Å²) in [6, 6.07) is 10.1. The summed E-state index contributed by atoms with van der Waals surface area (Å²) in [5.41, 5.74) is 1.44. The molecular weight excluding hydrogens is 288 g/mol. The molecule has 2 heterocycles. The van der Waals surface area contributed by atoms with Crippen LogP contribution >= 0.6 is 15.9 Å². The molecule has 0 aliphatic carbocycles. The fraction of sp³-hybridized carbons (Fsp3) is 0.600. The van der Waals surface area contributed by atoms with Crippen molar-refractivity contribution in [2.45, 2.75) is 31.8 Å². The number of halogens is 1. The van der Waals surface area contributed by atoms with Crippen LogP contribution in [0, 0.1) is 5.92 Å². The third-order valence-corrected chi connectivity index (χ3v) is 5.10. The van der Waals surface area contributed by atoms with Crippen LogP contribution in [0.1, 0.15) is 31.4 Å². The second kappa shape index (κ2) is 5.32. The molecule has 3 heteroatoms. The average molecular weight is 309 g/mol. The van der Waals surface area contributed by atoms with E-state index in [1.807, 2.05) is 0 Å². The lowest BCUT2D eigenvalue weighted by Gasteiger charge is -2.41. The van der Waals surface area contributed by atoms with Crippen LogP contribution in [0.5, 0.6) is 0 Å². The second-order valence-electron chi connectivity index (χ2n) is 5.59. The number of nitrogens with one attached hydrogen (secondary N) is 1. The topological polar surface area (TPSA) is 15.3 Å². The molecule has 1 N–H and O–H groups in total. The molecule has 2 nitrogen and oxygen atoms in total. The number of likely N-dealkylation sites (tertiary alicyclic amines) is 1. The quantitative estimate of drug-likeness (QED) is 0.902. The van der Waals surface area contributed by atoms with Crippen molar-refractivity contribution in [2.75, 3.05) is 19.6 Å². The Labute approximate surface area is 118 Å². The molecule has 2 aliphatic heterocycles. The highest BCUT2D eigenvalue weighted by molar-refractivity contribution is 9.10.